The summed E-state index contributed by atoms with van der Waals surface area (Å²) in [6.07, 6.45) is 1.50. The first-order valence-electron chi connectivity index (χ1n) is 7.07. The Morgan fingerprint density at radius 1 is 1.22 bits per heavy atom. The molecule has 0 aliphatic carbocycles. The lowest BCUT2D eigenvalue weighted by Crippen LogP contribution is -2.34. The van der Waals surface area contributed by atoms with Crippen LogP contribution < -0.4 is 10.6 Å². The van der Waals surface area contributed by atoms with E-state index >= 15 is 0 Å². The average Bonchev–Trinajstić information content (AvgIpc) is 3.08. The van der Waals surface area contributed by atoms with Crippen LogP contribution in [-0.2, 0) is 4.79 Å². The predicted octanol–water partition coefficient (Wildman–Crippen LogP) is 1.90. The topological polar surface area (TPSA) is 91.6 Å². The highest BCUT2D eigenvalue weighted by molar-refractivity contribution is 6.30. The molecule has 0 saturated heterocycles. The van der Waals surface area contributed by atoms with Crippen LogP contribution in [0.2, 0.25) is 5.02 Å². The Bertz CT molecular complexity index is 641. The molecule has 1 aromatic carbocycles. The summed E-state index contributed by atoms with van der Waals surface area (Å²) in [6.45, 7) is -0.0593. The molecule has 2 amide bonds. The van der Waals surface area contributed by atoms with Crippen LogP contribution in [0.3, 0.4) is 0 Å². The molecule has 0 fully saturated rings. The predicted molar refractivity (Wildman–Crippen MR) is 85.1 cm³/mol. The van der Waals surface area contributed by atoms with Gasteiger partial charge >= 0.3 is 0 Å². The van der Waals surface area contributed by atoms with Gasteiger partial charge in [0.2, 0.25) is 5.91 Å². The summed E-state index contributed by atoms with van der Waals surface area (Å²) >= 11 is 5.81. The monoisotopic (exact) mass is 336 g/mol. The molecule has 1 unspecified atom stereocenters. The molecular weight excluding hydrogens is 320 g/mol. The second kappa shape index (κ2) is 8.36. The van der Waals surface area contributed by atoms with Gasteiger partial charge in [0, 0.05) is 18.0 Å². The molecule has 7 heteroatoms. The molecule has 23 heavy (non-hydrogen) atoms. The lowest BCUT2D eigenvalue weighted by atomic mass is 10.1. The molecule has 0 aliphatic rings. The molecule has 0 radical (unpaired) electrons. The molecule has 0 bridgehead atoms. The third-order valence-corrected chi connectivity index (χ3v) is 3.42. The van der Waals surface area contributed by atoms with Crippen molar-refractivity contribution in [2.24, 2.45) is 0 Å². The third kappa shape index (κ3) is 5.12. The number of carbonyl (C=O) groups is 2. The quantitative estimate of drug-likeness (QED) is 0.720. The summed E-state index contributed by atoms with van der Waals surface area (Å²) in [5.41, 5.74) is 0.755. The van der Waals surface area contributed by atoms with Crippen LogP contribution in [0.15, 0.2) is 47.1 Å². The minimum absolute atomic E-state index is 0.0938. The van der Waals surface area contributed by atoms with E-state index in [-0.39, 0.29) is 37.1 Å². The Morgan fingerprint density at radius 3 is 2.57 bits per heavy atom. The fourth-order valence-electron chi connectivity index (χ4n) is 1.98. The van der Waals surface area contributed by atoms with Gasteiger partial charge in [0.1, 0.15) is 0 Å². The van der Waals surface area contributed by atoms with Gasteiger partial charge in [-0.25, -0.2) is 0 Å². The normalized spacial score (nSPS) is 11.7. The van der Waals surface area contributed by atoms with Crippen molar-refractivity contribution in [2.45, 2.75) is 12.5 Å². The van der Waals surface area contributed by atoms with E-state index in [1.165, 1.54) is 12.3 Å². The number of rotatable bonds is 7. The fourth-order valence-corrected chi connectivity index (χ4v) is 2.11. The largest absolute Gasteiger partial charge is 0.459 e. The Labute approximate surface area is 138 Å². The van der Waals surface area contributed by atoms with E-state index in [4.69, 9.17) is 16.0 Å². The summed E-state index contributed by atoms with van der Waals surface area (Å²) in [7, 11) is 0. The summed E-state index contributed by atoms with van der Waals surface area (Å²) in [4.78, 5) is 23.5. The maximum Gasteiger partial charge on any atom is 0.286 e. The lowest BCUT2D eigenvalue weighted by molar-refractivity contribution is -0.122. The second-order valence-corrected chi connectivity index (χ2v) is 5.27. The fraction of sp³-hybridized carbons (Fsp3) is 0.250. The zero-order valence-corrected chi connectivity index (χ0v) is 13.0. The maximum absolute atomic E-state index is 11.9. The van der Waals surface area contributed by atoms with Crippen LogP contribution in [0, 0.1) is 0 Å². The Morgan fingerprint density at radius 2 is 1.96 bits per heavy atom. The number of halogens is 1. The molecule has 1 heterocycles. The number of carbonyl (C=O) groups excluding carboxylic acids is 2. The number of aliphatic hydroxyl groups is 1. The summed E-state index contributed by atoms with van der Waals surface area (Å²) in [5, 5.41) is 15.3. The molecule has 3 N–H and O–H groups in total. The van der Waals surface area contributed by atoms with Gasteiger partial charge in [0.15, 0.2) is 5.76 Å². The summed E-state index contributed by atoms with van der Waals surface area (Å²) in [5.74, 6) is -0.460. The number of amides is 2. The van der Waals surface area contributed by atoms with Crippen molar-refractivity contribution in [3.05, 3.63) is 59.0 Å². The average molecular weight is 337 g/mol. The summed E-state index contributed by atoms with van der Waals surface area (Å²) < 4.78 is 4.95. The molecule has 0 spiro atoms. The Kier molecular flexibility index (Phi) is 6.19. The van der Waals surface area contributed by atoms with Gasteiger partial charge in [-0.1, -0.05) is 23.7 Å². The Balaban J connectivity index is 1.79. The Hall–Kier alpha value is -2.31. The van der Waals surface area contributed by atoms with Gasteiger partial charge in [-0.15, -0.1) is 0 Å². The molecule has 2 rings (SSSR count). The molecular formula is C16H17ClN2O4. The number of benzene rings is 1. The van der Waals surface area contributed by atoms with Crippen molar-refractivity contribution < 1.29 is 19.1 Å². The maximum atomic E-state index is 11.9. The van der Waals surface area contributed by atoms with E-state index in [2.05, 4.69) is 10.6 Å². The lowest BCUT2D eigenvalue weighted by Gasteiger charge is -2.17. The van der Waals surface area contributed by atoms with Crippen LogP contribution in [0.4, 0.5) is 0 Å². The van der Waals surface area contributed by atoms with Gasteiger partial charge in [-0.3, -0.25) is 9.59 Å². The number of aliphatic hydroxyl groups excluding tert-OH is 1. The molecule has 2 aromatic rings. The molecule has 1 aromatic heterocycles. The highest BCUT2D eigenvalue weighted by Crippen LogP contribution is 2.16. The van der Waals surface area contributed by atoms with Gasteiger partial charge < -0.3 is 20.2 Å². The van der Waals surface area contributed by atoms with Crippen molar-refractivity contribution in [3.8, 4) is 0 Å². The SMILES string of the molecule is O=C(CCNC(=O)c1ccco1)NC(CO)c1ccc(Cl)cc1. The van der Waals surface area contributed by atoms with E-state index in [1.54, 1.807) is 30.3 Å². The zero-order valence-electron chi connectivity index (χ0n) is 12.3. The van der Waals surface area contributed by atoms with Gasteiger partial charge in [-0.2, -0.15) is 0 Å². The van der Waals surface area contributed by atoms with Gasteiger partial charge in [0.25, 0.3) is 5.91 Å². The minimum Gasteiger partial charge on any atom is -0.459 e. The summed E-state index contributed by atoms with van der Waals surface area (Å²) in [6, 6.07) is 9.49. The van der Waals surface area contributed by atoms with Gasteiger partial charge in [-0.05, 0) is 29.8 Å². The van der Waals surface area contributed by atoms with Crippen molar-refractivity contribution in [2.75, 3.05) is 13.2 Å². The number of hydrogen-bond acceptors (Lipinski definition) is 4. The zero-order chi connectivity index (χ0) is 16.7. The van der Waals surface area contributed by atoms with E-state index in [1.807, 2.05) is 0 Å². The smallest absolute Gasteiger partial charge is 0.286 e. The van der Waals surface area contributed by atoms with Crippen molar-refractivity contribution >= 4 is 23.4 Å². The minimum atomic E-state index is -0.513. The molecule has 0 saturated carbocycles. The highest BCUT2D eigenvalue weighted by Gasteiger charge is 2.14. The van der Waals surface area contributed by atoms with Crippen LogP contribution >= 0.6 is 11.6 Å². The van der Waals surface area contributed by atoms with Crippen molar-refractivity contribution in [3.63, 3.8) is 0 Å². The number of furan rings is 1. The van der Waals surface area contributed by atoms with Crippen LogP contribution in [-0.4, -0.2) is 30.1 Å². The van der Waals surface area contributed by atoms with E-state index in [0.717, 1.165) is 5.56 Å². The third-order valence-electron chi connectivity index (χ3n) is 3.17. The van der Waals surface area contributed by atoms with Crippen LogP contribution in [0.5, 0.6) is 0 Å². The van der Waals surface area contributed by atoms with Crippen molar-refractivity contribution in [1.29, 1.82) is 0 Å². The van der Waals surface area contributed by atoms with E-state index < -0.39 is 6.04 Å². The molecule has 1 atom stereocenters. The van der Waals surface area contributed by atoms with E-state index in [0.29, 0.717) is 5.02 Å². The molecule has 122 valence electrons. The molecule has 0 aliphatic heterocycles. The van der Waals surface area contributed by atoms with Crippen LogP contribution in [0.25, 0.3) is 0 Å². The van der Waals surface area contributed by atoms with E-state index in [9.17, 15) is 14.7 Å². The van der Waals surface area contributed by atoms with Crippen molar-refractivity contribution in [1.82, 2.24) is 10.6 Å². The first-order valence-corrected chi connectivity index (χ1v) is 7.45. The first kappa shape index (κ1) is 17.1. The standard InChI is InChI=1S/C16H17ClN2O4/c17-12-5-3-11(4-6-12)13(10-20)19-15(21)7-8-18-16(22)14-2-1-9-23-14/h1-6,9,13,20H,7-8,10H2,(H,18,22)(H,19,21). The van der Waals surface area contributed by atoms with Gasteiger partial charge in [0.05, 0.1) is 18.9 Å². The molecule has 6 nitrogen and oxygen atoms in total. The number of nitrogens with one attached hydrogen (secondary N) is 2. The van der Waals surface area contributed by atoms with Crippen LogP contribution in [0.1, 0.15) is 28.6 Å². The number of hydrogen-bond donors (Lipinski definition) is 3. The first-order chi connectivity index (χ1) is 11.1. The highest BCUT2D eigenvalue weighted by atomic mass is 35.5. The second-order valence-electron chi connectivity index (χ2n) is 4.84.